The SMILES string of the molecule is O=C(N[C@@H]1C[C@H]2CC[C@H]1C2)C1CCN(Cc2ccc(Cl)cc2F)CC1. The number of hydrogen-bond donors (Lipinski definition) is 1. The number of fused-ring (bicyclic) bond motifs is 2. The van der Waals surface area contributed by atoms with Crippen LogP contribution in [-0.4, -0.2) is 29.9 Å². The fraction of sp³-hybridized carbons (Fsp3) is 0.650. The van der Waals surface area contributed by atoms with Gasteiger partial charge in [0.25, 0.3) is 0 Å². The first-order valence-electron chi connectivity index (χ1n) is 9.55. The summed E-state index contributed by atoms with van der Waals surface area (Å²) in [5.74, 6) is 1.69. The first-order valence-corrected chi connectivity index (χ1v) is 9.93. The predicted octanol–water partition coefficient (Wildman–Crippen LogP) is 4.00. The molecule has 3 fully saturated rings. The molecule has 25 heavy (non-hydrogen) atoms. The van der Waals surface area contributed by atoms with Crippen molar-refractivity contribution in [1.82, 2.24) is 10.2 Å². The zero-order valence-electron chi connectivity index (χ0n) is 14.5. The van der Waals surface area contributed by atoms with Gasteiger partial charge in [0, 0.05) is 29.1 Å². The van der Waals surface area contributed by atoms with Crippen molar-refractivity contribution in [2.75, 3.05) is 13.1 Å². The van der Waals surface area contributed by atoms with Gasteiger partial charge in [0.1, 0.15) is 5.82 Å². The molecule has 1 aromatic carbocycles. The van der Waals surface area contributed by atoms with Gasteiger partial charge in [-0.1, -0.05) is 24.1 Å². The molecule has 1 heterocycles. The number of halogens is 2. The number of hydrogen-bond acceptors (Lipinski definition) is 2. The van der Waals surface area contributed by atoms with Crippen LogP contribution in [0.2, 0.25) is 5.02 Å². The van der Waals surface area contributed by atoms with E-state index in [0.29, 0.717) is 23.2 Å². The minimum Gasteiger partial charge on any atom is -0.353 e. The molecule has 2 aliphatic carbocycles. The van der Waals surface area contributed by atoms with Gasteiger partial charge in [-0.15, -0.1) is 0 Å². The Morgan fingerprint density at radius 3 is 2.64 bits per heavy atom. The van der Waals surface area contributed by atoms with Gasteiger partial charge in [-0.25, -0.2) is 4.39 Å². The van der Waals surface area contributed by atoms with Crippen LogP contribution in [0.1, 0.15) is 44.1 Å². The van der Waals surface area contributed by atoms with E-state index >= 15 is 0 Å². The van der Waals surface area contributed by atoms with Crippen LogP contribution in [0.25, 0.3) is 0 Å². The Balaban J connectivity index is 1.26. The predicted molar refractivity (Wildman–Crippen MR) is 96.8 cm³/mol. The van der Waals surface area contributed by atoms with Gasteiger partial charge in [-0.05, 0) is 69.2 Å². The van der Waals surface area contributed by atoms with Crippen molar-refractivity contribution >= 4 is 17.5 Å². The number of benzene rings is 1. The summed E-state index contributed by atoms with van der Waals surface area (Å²) in [6, 6.07) is 5.28. The fourth-order valence-corrected chi connectivity index (χ4v) is 5.12. The van der Waals surface area contributed by atoms with Gasteiger partial charge in [0.05, 0.1) is 0 Å². The molecule has 3 nitrogen and oxygen atoms in total. The van der Waals surface area contributed by atoms with Crippen LogP contribution in [0.15, 0.2) is 18.2 Å². The quantitative estimate of drug-likeness (QED) is 0.875. The lowest BCUT2D eigenvalue weighted by molar-refractivity contribution is -0.127. The van der Waals surface area contributed by atoms with Crippen LogP contribution >= 0.6 is 11.6 Å². The lowest BCUT2D eigenvalue weighted by Gasteiger charge is -2.33. The molecule has 2 bridgehead atoms. The number of amides is 1. The third-order valence-corrected chi connectivity index (χ3v) is 6.67. The summed E-state index contributed by atoms with van der Waals surface area (Å²) in [5.41, 5.74) is 0.675. The van der Waals surface area contributed by atoms with E-state index in [-0.39, 0.29) is 17.6 Å². The minimum atomic E-state index is -0.247. The molecule has 1 N–H and O–H groups in total. The molecule has 136 valence electrons. The van der Waals surface area contributed by atoms with E-state index in [9.17, 15) is 9.18 Å². The lowest BCUT2D eigenvalue weighted by atomic mass is 9.92. The normalized spacial score (nSPS) is 29.9. The summed E-state index contributed by atoms with van der Waals surface area (Å²) in [5, 5.41) is 3.76. The molecular weight excluding hydrogens is 339 g/mol. The van der Waals surface area contributed by atoms with Gasteiger partial charge < -0.3 is 5.32 Å². The Morgan fingerprint density at radius 1 is 1.20 bits per heavy atom. The zero-order valence-corrected chi connectivity index (χ0v) is 15.3. The molecule has 5 heteroatoms. The second-order valence-electron chi connectivity index (χ2n) is 8.08. The van der Waals surface area contributed by atoms with E-state index in [1.54, 1.807) is 12.1 Å². The monoisotopic (exact) mass is 364 g/mol. The van der Waals surface area contributed by atoms with Crippen LogP contribution in [0, 0.1) is 23.6 Å². The number of likely N-dealkylation sites (tertiary alicyclic amines) is 1. The molecule has 3 aliphatic rings. The van der Waals surface area contributed by atoms with Crippen LogP contribution in [0.5, 0.6) is 0 Å². The van der Waals surface area contributed by atoms with Crippen molar-refractivity contribution in [3.05, 3.63) is 34.6 Å². The topological polar surface area (TPSA) is 32.3 Å². The molecule has 1 aliphatic heterocycles. The maximum atomic E-state index is 13.9. The van der Waals surface area contributed by atoms with Crippen molar-refractivity contribution in [2.45, 2.75) is 51.1 Å². The van der Waals surface area contributed by atoms with Crippen molar-refractivity contribution in [2.24, 2.45) is 17.8 Å². The molecule has 3 atom stereocenters. The molecule has 0 spiro atoms. The summed E-state index contributed by atoms with van der Waals surface area (Å²) >= 11 is 5.81. The minimum absolute atomic E-state index is 0.116. The van der Waals surface area contributed by atoms with Crippen LogP contribution in [-0.2, 0) is 11.3 Å². The average Bonchev–Trinajstić information content (AvgIpc) is 3.21. The maximum Gasteiger partial charge on any atom is 0.223 e. The van der Waals surface area contributed by atoms with Gasteiger partial charge in [0.2, 0.25) is 5.91 Å². The molecular formula is C20H26ClFN2O. The molecule has 0 radical (unpaired) electrons. The van der Waals surface area contributed by atoms with Crippen LogP contribution < -0.4 is 5.32 Å². The highest BCUT2D eigenvalue weighted by atomic mass is 35.5. The Morgan fingerprint density at radius 2 is 2.00 bits per heavy atom. The summed E-state index contributed by atoms with van der Waals surface area (Å²) < 4.78 is 13.9. The first-order chi connectivity index (χ1) is 12.1. The Bertz CT molecular complexity index is 645. The second kappa shape index (κ2) is 7.24. The van der Waals surface area contributed by atoms with E-state index < -0.39 is 0 Å². The largest absolute Gasteiger partial charge is 0.353 e. The third-order valence-electron chi connectivity index (χ3n) is 6.43. The van der Waals surface area contributed by atoms with Crippen LogP contribution in [0.4, 0.5) is 4.39 Å². The summed E-state index contributed by atoms with van der Waals surface area (Å²) in [7, 11) is 0. The number of nitrogens with zero attached hydrogens (tertiary/aromatic N) is 1. The van der Waals surface area contributed by atoms with Gasteiger partial charge in [0.15, 0.2) is 0 Å². The Hall–Kier alpha value is -1.13. The van der Waals surface area contributed by atoms with Gasteiger partial charge in [-0.3, -0.25) is 9.69 Å². The van der Waals surface area contributed by atoms with Crippen LogP contribution in [0.3, 0.4) is 0 Å². The standard InChI is InChI=1S/C20H26ClFN2O/c21-17-4-3-16(18(22)11-17)12-24-7-5-14(6-8-24)20(25)23-19-10-13-1-2-15(19)9-13/h3-4,11,13-15,19H,1-2,5-10,12H2,(H,23,25)/t13-,15-,19+/m0/s1. The number of piperidine rings is 1. The smallest absolute Gasteiger partial charge is 0.223 e. The molecule has 1 aromatic rings. The second-order valence-corrected chi connectivity index (χ2v) is 8.51. The Kier molecular flexibility index (Phi) is 5.01. The van der Waals surface area contributed by atoms with E-state index in [2.05, 4.69) is 10.2 Å². The first kappa shape index (κ1) is 17.3. The molecule has 1 amide bonds. The zero-order chi connectivity index (χ0) is 17.4. The van der Waals surface area contributed by atoms with E-state index in [1.165, 1.54) is 31.7 Å². The summed E-state index contributed by atoms with van der Waals surface area (Å²) in [6.45, 7) is 2.28. The number of nitrogens with one attached hydrogen (secondary N) is 1. The third kappa shape index (κ3) is 3.85. The fourth-order valence-electron chi connectivity index (χ4n) is 4.97. The number of carbonyl (C=O) groups excluding carboxylic acids is 1. The van der Waals surface area contributed by atoms with Crippen molar-refractivity contribution in [1.29, 1.82) is 0 Å². The number of rotatable bonds is 4. The van der Waals surface area contributed by atoms with E-state index in [1.807, 2.05) is 0 Å². The van der Waals surface area contributed by atoms with Crippen molar-refractivity contribution in [3.8, 4) is 0 Å². The summed E-state index contributed by atoms with van der Waals surface area (Å²) in [4.78, 5) is 14.8. The molecule has 0 unspecified atom stereocenters. The van der Waals surface area contributed by atoms with Crippen molar-refractivity contribution < 1.29 is 9.18 Å². The van der Waals surface area contributed by atoms with Crippen molar-refractivity contribution in [3.63, 3.8) is 0 Å². The van der Waals surface area contributed by atoms with E-state index in [0.717, 1.165) is 37.8 Å². The Labute approximate surface area is 153 Å². The lowest BCUT2D eigenvalue weighted by Crippen LogP contribution is -2.45. The van der Waals surface area contributed by atoms with Gasteiger partial charge in [-0.2, -0.15) is 0 Å². The molecule has 2 saturated carbocycles. The number of carbonyl (C=O) groups is 1. The maximum absolute atomic E-state index is 13.9. The highest BCUT2D eigenvalue weighted by molar-refractivity contribution is 6.30. The average molecular weight is 365 g/mol. The molecule has 4 rings (SSSR count). The van der Waals surface area contributed by atoms with Gasteiger partial charge >= 0.3 is 0 Å². The molecule has 1 saturated heterocycles. The summed E-state index contributed by atoms with van der Waals surface area (Å²) in [6.07, 6.45) is 6.88. The highest BCUT2D eigenvalue weighted by Gasteiger charge is 2.40. The molecule has 0 aromatic heterocycles. The highest BCUT2D eigenvalue weighted by Crippen LogP contribution is 2.44. The van der Waals surface area contributed by atoms with E-state index in [4.69, 9.17) is 11.6 Å².